The largest absolute Gasteiger partial charge is 0.433 e. The van der Waals surface area contributed by atoms with Crippen LogP contribution < -0.4 is 4.90 Å². The summed E-state index contributed by atoms with van der Waals surface area (Å²) in [6.45, 7) is 4.68. The zero-order valence-electron chi connectivity index (χ0n) is 12.0. The molecule has 0 N–H and O–H groups in total. The minimum absolute atomic E-state index is 0.199. The summed E-state index contributed by atoms with van der Waals surface area (Å²) in [5, 5.41) is -0.384. The fraction of sp³-hybridized carbons (Fsp3) is 0.692. The summed E-state index contributed by atoms with van der Waals surface area (Å²) in [6, 6.07) is 1.28. The highest BCUT2D eigenvalue weighted by molar-refractivity contribution is 6.28. The molecule has 1 aliphatic heterocycles. The lowest BCUT2D eigenvalue weighted by atomic mass is 10.2. The predicted molar refractivity (Wildman–Crippen MR) is 75.6 cm³/mol. The lowest BCUT2D eigenvalue weighted by molar-refractivity contribution is -0.141. The zero-order valence-corrected chi connectivity index (χ0v) is 12.7. The molecular formula is C13H18ClF3N4. The second kappa shape index (κ2) is 6.36. The summed E-state index contributed by atoms with van der Waals surface area (Å²) in [4.78, 5) is 11.2. The first-order valence-corrected chi connectivity index (χ1v) is 7.26. The van der Waals surface area contributed by atoms with Crippen molar-refractivity contribution >= 4 is 17.4 Å². The van der Waals surface area contributed by atoms with Gasteiger partial charge in [0.1, 0.15) is 5.82 Å². The van der Waals surface area contributed by atoms with Crippen molar-refractivity contribution in [2.45, 2.75) is 32.0 Å². The van der Waals surface area contributed by atoms with E-state index in [1.807, 2.05) is 0 Å². The molecule has 2 heterocycles. The Kier molecular flexibility index (Phi) is 4.93. The number of aromatic nitrogens is 2. The molecule has 0 saturated carbocycles. The van der Waals surface area contributed by atoms with Gasteiger partial charge in [0.2, 0.25) is 5.28 Å². The molecule has 0 bridgehead atoms. The summed E-state index contributed by atoms with van der Waals surface area (Å²) < 4.78 is 38.3. The molecule has 1 fully saturated rings. The molecule has 1 saturated heterocycles. The van der Waals surface area contributed by atoms with E-state index in [1.165, 1.54) is 0 Å². The molecule has 8 heteroatoms. The summed E-state index contributed by atoms with van der Waals surface area (Å²) >= 11 is 5.61. The first-order valence-electron chi connectivity index (χ1n) is 6.88. The monoisotopic (exact) mass is 322 g/mol. The molecule has 1 unspecified atom stereocenters. The Morgan fingerprint density at radius 1 is 1.43 bits per heavy atom. The van der Waals surface area contributed by atoms with E-state index in [2.05, 4.69) is 21.8 Å². The molecular weight excluding hydrogens is 305 g/mol. The number of likely N-dealkylation sites (tertiary alicyclic amines) is 1. The third-order valence-electron chi connectivity index (χ3n) is 3.76. The number of nitrogens with zero attached hydrogens (tertiary/aromatic N) is 4. The van der Waals surface area contributed by atoms with Crippen LogP contribution in [0.4, 0.5) is 19.0 Å². The summed E-state index contributed by atoms with van der Waals surface area (Å²) in [5.41, 5.74) is -1.01. The average Bonchev–Trinajstić information content (AvgIpc) is 2.84. The van der Waals surface area contributed by atoms with Crippen LogP contribution >= 0.6 is 11.6 Å². The van der Waals surface area contributed by atoms with Crippen molar-refractivity contribution in [3.63, 3.8) is 0 Å². The number of hydrogen-bond donors (Lipinski definition) is 0. The van der Waals surface area contributed by atoms with Crippen molar-refractivity contribution in [3.8, 4) is 0 Å². The second-order valence-electron chi connectivity index (χ2n) is 5.18. The Labute approximate surface area is 126 Å². The average molecular weight is 323 g/mol. The van der Waals surface area contributed by atoms with Crippen molar-refractivity contribution in [1.82, 2.24) is 14.9 Å². The Balaban J connectivity index is 2.15. The van der Waals surface area contributed by atoms with Crippen LogP contribution in [0.2, 0.25) is 5.28 Å². The molecule has 1 atom stereocenters. The van der Waals surface area contributed by atoms with E-state index in [1.54, 1.807) is 11.9 Å². The van der Waals surface area contributed by atoms with Gasteiger partial charge in [0.15, 0.2) is 5.69 Å². The van der Waals surface area contributed by atoms with E-state index < -0.39 is 11.9 Å². The maximum absolute atomic E-state index is 12.8. The second-order valence-corrected chi connectivity index (χ2v) is 5.52. The van der Waals surface area contributed by atoms with Gasteiger partial charge in [-0.1, -0.05) is 6.92 Å². The highest BCUT2D eigenvalue weighted by Crippen LogP contribution is 2.30. The molecule has 0 aromatic carbocycles. The van der Waals surface area contributed by atoms with E-state index >= 15 is 0 Å². The maximum Gasteiger partial charge on any atom is 0.433 e. The first-order chi connectivity index (χ1) is 9.81. The molecule has 4 nitrogen and oxygen atoms in total. The predicted octanol–water partition coefficient (Wildman–Crippen LogP) is 3.07. The molecule has 0 radical (unpaired) electrons. The number of hydrogen-bond acceptors (Lipinski definition) is 4. The zero-order chi connectivity index (χ0) is 15.6. The number of alkyl halides is 3. The number of rotatable bonds is 4. The fourth-order valence-electron chi connectivity index (χ4n) is 2.67. The van der Waals surface area contributed by atoms with Crippen molar-refractivity contribution < 1.29 is 13.2 Å². The van der Waals surface area contributed by atoms with Gasteiger partial charge in [0.25, 0.3) is 0 Å². The van der Waals surface area contributed by atoms with Crippen LogP contribution in [0.5, 0.6) is 0 Å². The SMILES string of the molecule is CCN1CCCC1CN(C)c1cc(C(F)(F)F)nc(Cl)n1. The van der Waals surface area contributed by atoms with Crippen molar-refractivity contribution in [1.29, 1.82) is 0 Å². The third kappa shape index (κ3) is 3.97. The van der Waals surface area contributed by atoms with Gasteiger partial charge in [-0.25, -0.2) is 9.97 Å². The summed E-state index contributed by atoms with van der Waals surface area (Å²) in [6.07, 6.45) is -2.36. The minimum Gasteiger partial charge on any atom is -0.358 e. The first kappa shape index (κ1) is 16.3. The van der Waals surface area contributed by atoms with Crippen LogP contribution in [0.3, 0.4) is 0 Å². The maximum atomic E-state index is 12.8. The number of halogens is 4. The van der Waals surface area contributed by atoms with E-state index in [-0.39, 0.29) is 11.1 Å². The molecule has 21 heavy (non-hydrogen) atoms. The normalized spacial score (nSPS) is 20.0. The molecule has 0 amide bonds. The van der Waals surface area contributed by atoms with Gasteiger partial charge in [-0.15, -0.1) is 0 Å². The van der Waals surface area contributed by atoms with Gasteiger partial charge in [0, 0.05) is 25.7 Å². The van der Waals surface area contributed by atoms with Gasteiger partial charge >= 0.3 is 6.18 Å². The molecule has 1 aliphatic rings. The van der Waals surface area contributed by atoms with Crippen molar-refractivity contribution in [2.24, 2.45) is 0 Å². The molecule has 0 aliphatic carbocycles. The number of likely N-dealkylation sites (N-methyl/N-ethyl adjacent to an activating group) is 2. The summed E-state index contributed by atoms with van der Waals surface area (Å²) in [5.74, 6) is 0.199. The Bertz CT molecular complexity index is 495. The minimum atomic E-state index is -4.52. The van der Waals surface area contributed by atoms with Gasteiger partial charge in [0.05, 0.1) is 0 Å². The highest BCUT2D eigenvalue weighted by atomic mass is 35.5. The van der Waals surface area contributed by atoms with Gasteiger partial charge in [-0.2, -0.15) is 13.2 Å². The van der Waals surface area contributed by atoms with Crippen LogP contribution in [0.1, 0.15) is 25.5 Å². The quantitative estimate of drug-likeness (QED) is 0.798. The van der Waals surface area contributed by atoms with E-state index in [0.29, 0.717) is 12.6 Å². The van der Waals surface area contributed by atoms with Crippen LogP contribution in [0, 0.1) is 0 Å². The highest BCUT2D eigenvalue weighted by Gasteiger charge is 2.34. The smallest absolute Gasteiger partial charge is 0.358 e. The van der Waals surface area contributed by atoms with E-state index in [9.17, 15) is 13.2 Å². The Hall–Kier alpha value is -1.08. The van der Waals surface area contributed by atoms with Gasteiger partial charge in [-0.05, 0) is 37.5 Å². The Morgan fingerprint density at radius 3 is 2.76 bits per heavy atom. The lowest BCUT2D eigenvalue weighted by Gasteiger charge is -2.28. The van der Waals surface area contributed by atoms with Crippen molar-refractivity contribution in [3.05, 3.63) is 17.0 Å². The summed E-state index contributed by atoms with van der Waals surface area (Å²) in [7, 11) is 1.73. The van der Waals surface area contributed by atoms with Crippen LogP contribution in [-0.2, 0) is 6.18 Å². The molecule has 2 rings (SSSR count). The fourth-order valence-corrected chi connectivity index (χ4v) is 2.85. The van der Waals surface area contributed by atoms with E-state index in [4.69, 9.17) is 11.6 Å². The molecule has 0 spiro atoms. The number of anilines is 1. The van der Waals surface area contributed by atoms with Crippen molar-refractivity contribution in [2.75, 3.05) is 31.6 Å². The van der Waals surface area contributed by atoms with Crippen LogP contribution in [0.15, 0.2) is 6.07 Å². The van der Waals surface area contributed by atoms with Crippen LogP contribution in [0.25, 0.3) is 0 Å². The van der Waals surface area contributed by atoms with E-state index in [0.717, 1.165) is 32.0 Å². The molecule has 118 valence electrons. The third-order valence-corrected chi connectivity index (χ3v) is 3.93. The molecule has 1 aromatic rings. The van der Waals surface area contributed by atoms with Crippen LogP contribution in [-0.4, -0.2) is 47.6 Å². The topological polar surface area (TPSA) is 32.3 Å². The van der Waals surface area contributed by atoms with Gasteiger partial charge in [-0.3, -0.25) is 4.90 Å². The molecule has 1 aromatic heterocycles. The van der Waals surface area contributed by atoms with Gasteiger partial charge < -0.3 is 4.90 Å². The Morgan fingerprint density at radius 2 is 2.14 bits per heavy atom. The standard InChI is InChI=1S/C13H18ClF3N4/c1-3-21-6-4-5-9(21)8-20(2)11-7-10(13(15,16)17)18-12(14)19-11/h7,9H,3-6,8H2,1-2H3. The lowest BCUT2D eigenvalue weighted by Crippen LogP contribution is -2.39.